The highest BCUT2D eigenvalue weighted by atomic mass is 16.2. The Hall–Kier alpha value is -3.23. The first-order valence-electron chi connectivity index (χ1n) is 9.21. The Morgan fingerprint density at radius 3 is 2.48 bits per heavy atom. The lowest BCUT2D eigenvalue weighted by Gasteiger charge is -2.35. The second-order valence-electron chi connectivity index (χ2n) is 6.88. The topological polar surface area (TPSA) is 91.5 Å². The van der Waals surface area contributed by atoms with E-state index in [1.165, 1.54) is 0 Å². The predicted molar refractivity (Wildman–Crippen MR) is 101 cm³/mol. The number of hydrogen-bond donors (Lipinski definition) is 1. The minimum Gasteiger partial charge on any atom is -0.353 e. The summed E-state index contributed by atoms with van der Waals surface area (Å²) in [5, 5.41) is 7.34. The number of carbonyl (C=O) groups is 1. The molecule has 1 N–H and O–H groups in total. The lowest BCUT2D eigenvalue weighted by molar-refractivity contribution is -0.117. The molecule has 0 unspecified atom stereocenters. The quantitative estimate of drug-likeness (QED) is 0.743. The molecule has 27 heavy (non-hydrogen) atoms. The lowest BCUT2D eigenvalue weighted by atomic mass is 10.3. The first-order chi connectivity index (χ1) is 13.3. The Morgan fingerprint density at radius 1 is 1.00 bits per heavy atom. The van der Waals surface area contributed by atoms with Gasteiger partial charge < -0.3 is 9.80 Å². The third-order valence-electron chi connectivity index (χ3n) is 4.96. The Morgan fingerprint density at radius 2 is 1.74 bits per heavy atom. The van der Waals surface area contributed by atoms with Gasteiger partial charge in [-0.05, 0) is 31.0 Å². The van der Waals surface area contributed by atoms with Gasteiger partial charge in [-0.15, -0.1) is 5.10 Å². The van der Waals surface area contributed by atoms with Gasteiger partial charge in [0.05, 0.1) is 0 Å². The van der Waals surface area contributed by atoms with Crippen LogP contribution in [0.5, 0.6) is 0 Å². The Balaban J connectivity index is 1.34. The molecular formula is C18H20N8O. The molecule has 1 amide bonds. The summed E-state index contributed by atoms with van der Waals surface area (Å²) in [4.78, 5) is 29.5. The second-order valence-corrected chi connectivity index (χ2v) is 6.88. The third kappa shape index (κ3) is 3.16. The summed E-state index contributed by atoms with van der Waals surface area (Å²) < 4.78 is 1.80. The Labute approximate surface area is 156 Å². The summed E-state index contributed by atoms with van der Waals surface area (Å²) in [6.45, 7) is 3.34. The number of nitrogens with one attached hydrogen (secondary N) is 1. The van der Waals surface area contributed by atoms with E-state index in [1.807, 2.05) is 24.3 Å². The van der Waals surface area contributed by atoms with E-state index in [2.05, 4.69) is 35.2 Å². The molecular weight excluding hydrogens is 344 g/mol. The fourth-order valence-electron chi connectivity index (χ4n) is 3.33. The van der Waals surface area contributed by atoms with Crippen LogP contribution in [0.3, 0.4) is 0 Å². The maximum Gasteiger partial charge on any atom is 0.249 e. The van der Waals surface area contributed by atoms with Gasteiger partial charge in [-0.25, -0.2) is 9.97 Å². The highest BCUT2D eigenvalue weighted by molar-refractivity contribution is 5.92. The number of anilines is 3. The molecule has 1 aliphatic heterocycles. The molecule has 1 saturated heterocycles. The van der Waals surface area contributed by atoms with E-state index in [1.54, 1.807) is 16.9 Å². The summed E-state index contributed by atoms with van der Waals surface area (Å²) in [5.41, 5.74) is 0.729. The molecule has 0 radical (unpaired) electrons. The van der Waals surface area contributed by atoms with Crippen LogP contribution in [0, 0.1) is 5.92 Å². The largest absolute Gasteiger partial charge is 0.353 e. The molecule has 5 rings (SSSR count). The van der Waals surface area contributed by atoms with Crippen molar-refractivity contribution in [3.8, 4) is 0 Å². The lowest BCUT2D eigenvalue weighted by Crippen LogP contribution is -2.47. The molecule has 2 aliphatic rings. The average Bonchev–Trinajstić information content (AvgIpc) is 3.49. The van der Waals surface area contributed by atoms with Crippen LogP contribution in [-0.4, -0.2) is 56.7 Å². The maximum atomic E-state index is 12.0. The molecule has 9 heteroatoms. The molecule has 2 fully saturated rings. The Kier molecular flexibility index (Phi) is 3.84. The number of pyridine rings is 1. The molecule has 1 aliphatic carbocycles. The number of piperazine rings is 1. The molecule has 3 aromatic heterocycles. The van der Waals surface area contributed by atoms with E-state index in [0.29, 0.717) is 5.95 Å². The van der Waals surface area contributed by atoms with Crippen molar-refractivity contribution in [3.63, 3.8) is 0 Å². The van der Waals surface area contributed by atoms with E-state index in [4.69, 9.17) is 0 Å². The van der Waals surface area contributed by atoms with Crippen molar-refractivity contribution in [1.82, 2.24) is 24.6 Å². The fourth-order valence-corrected chi connectivity index (χ4v) is 3.33. The monoisotopic (exact) mass is 364 g/mol. The van der Waals surface area contributed by atoms with Crippen molar-refractivity contribution in [2.75, 3.05) is 41.3 Å². The SMILES string of the molecule is O=C(Nc1nc2cccc(N3CCN(c4ncccn4)CC3)n2n1)C1CC1. The fraction of sp³-hybridized carbons (Fsp3) is 0.389. The summed E-state index contributed by atoms with van der Waals surface area (Å²) in [7, 11) is 0. The number of fused-ring (bicyclic) bond motifs is 1. The van der Waals surface area contributed by atoms with Gasteiger partial charge >= 0.3 is 0 Å². The average molecular weight is 364 g/mol. The maximum absolute atomic E-state index is 12.0. The van der Waals surface area contributed by atoms with Gasteiger partial charge in [0.2, 0.25) is 17.8 Å². The van der Waals surface area contributed by atoms with Crippen LogP contribution in [0.2, 0.25) is 0 Å². The number of hydrogen-bond acceptors (Lipinski definition) is 7. The van der Waals surface area contributed by atoms with Crippen LogP contribution >= 0.6 is 0 Å². The summed E-state index contributed by atoms with van der Waals surface area (Å²) >= 11 is 0. The van der Waals surface area contributed by atoms with Crippen LogP contribution in [0.25, 0.3) is 5.65 Å². The minimum absolute atomic E-state index is 0.0175. The van der Waals surface area contributed by atoms with Gasteiger partial charge in [0.25, 0.3) is 0 Å². The van der Waals surface area contributed by atoms with Crippen molar-refractivity contribution in [2.45, 2.75) is 12.8 Å². The van der Waals surface area contributed by atoms with Crippen molar-refractivity contribution < 1.29 is 4.79 Å². The van der Waals surface area contributed by atoms with Crippen molar-refractivity contribution in [2.24, 2.45) is 5.92 Å². The molecule has 0 bridgehead atoms. The van der Waals surface area contributed by atoms with Gasteiger partial charge in [-0.3, -0.25) is 10.1 Å². The number of nitrogens with zero attached hydrogens (tertiary/aromatic N) is 7. The minimum atomic E-state index is 0.0175. The van der Waals surface area contributed by atoms with E-state index >= 15 is 0 Å². The molecule has 0 aromatic carbocycles. The number of carbonyl (C=O) groups excluding carboxylic acids is 1. The first kappa shape index (κ1) is 16.0. The molecule has 138 valence electrons. The highest BCUT2D eigenvalue weighted by Gasteiger charge is 2.30. The van der Waals surface area contributed by atoms with Crippen molar-refractivity contribution >= 4 is 29.3 Å². The van der Waals surface area contributed by atoms with Crippen LogP contribution in [0.4, 0.5) is 17.7 Å². The zero-order valence-corrected chi connectivity index (χ0v) is 14.8. The van der Waals surface area contributed by atoms with Crippen LogP contribution in [-0.2, 0) is 4.79 Å². The summed E-state index contributed by atoms with van der Waals surface area (Å²) in [6, 6.07) is 7.73. The van der Waals surface area contributed by atoms with Gasteiger partial charge in [0, 0.05) is 44.5 Å². The van der Waals surface area contributed by atoms with Gasteiger partial charge in [-0.2, -0.15) is 9.50 Å². The van der Waals surface area contributed by atoms with E-state index in [9.17, 15) is 4.79 Å². The van der Waals surface area contributed by atoms with Gasteiger partial charge in [-0.1, -0.05) is 6.07 Å². The molecule has 0 spiro atoms. The molecule has 4 heterocycles. The zero-order valence-electron chi connectivity index (χ0n) is 14.8. The van der Waals surface area contributed by atoms with Crippen LogP contribution in [0.15, 0.2) is 36.7 Å². The van der Waals surface area contributed by atoms with E-state index in [0.717, 1.165) is 56.4 Å². The standard InChI is InChI=1S/C18H20N8O/c27-16(13-5-6-13)22-17-21-14-3-1-4-15(26(14)23-17)24-9-11-25(12-10-24)18-19-7-2-8-20-18/h1-4,7-8,13H,5-6,9-12H2,(H,22,23,27). The van der Waals surface area contributed by atoms with Gasteiger partial charge in [0.15, 0.2) is 5.65 Å². The summed E-state index contributed by atoms with van der Waals surface area (Å²) in [5.74, 6) is 2.26. The van der Waals surface area contributed by atoms with E-state index in [-0.39, 0.29) is 11.8 Å². The molecule has 3 aromatic rings. The predicted octanol–water partition coefficient (Wildman–Crippen LogP) is 1.19. The first-order valence-corrected chi connectivity index (χ1v) is 9.21. The summed E-state index contributed by atoms with van der Waals surface area (Å²) in [6.07, 6.45) is 5.45. The molecule has 0 atom stereocenters. The van der Waals surface area contributed by atoms with Crippen LogP contribution in [0.1, 0.15) is 12.8 Å². The smallest absolute Gasteiger partial charge is 0.249 e. The zero-order chi connectivity index (χ0) is 18.2. The number of aromatic nitrogens is 5. The molecule has 9 nitrogen and oxygen atoms in total. The normalized spacial score (nSPS) is 17.3. The number of rotatable bonds is 4. The van der Waals surface area contributed by atoms with Crippen LogP contribution < -0.4 is 15.1 Å². The Bertz CT molecular complexity index is 960. The van der Waals surface area contributed by atoms with Crippen molar-refractivity contribution in [3.05, 3.63) is 36.7 Å². The van der Waals surface area contributed by atoms with Gasteiger partial charge in [0.1, 0.15) is 5.82 Å². The second kappa shape index (κ2) is 6.49. The number of amides is 1. The third-order valence-corrected chi connectivity index (χ3v) is 4.96. The van der Waals surface area contributed by atoms with E-state index < -0.39 is 0 Å². The van der Waals surface area contributed by atoms with Crippen molar-refractivity contribution in [1.29, 1.82) is 0 Å². The molecule has 1 saturated carbocycles. The highest BCUT2D eigenvalue weighted by Crippen LogP contribution is 2.30.